The van der Waals surface area contributed by atoms with Gasteiger partial charge in [0.15, 0.2) is 0 Å². The number of piperidine rings is 1. The van der Waals surface area contributed by atoms with Crippen LogP contribution in [0.5, 0.6) is 0 Å². The first-order valence-electron chi connectivity index (χ1n) is 11.6. The molecule has 34 heavy (non-hydrogen) atoms. The van der Waals surface area contributed by atoms with E-state index < -0.39 is 0 Å². The molecule has 0 bridgehead atoms. The fourth-order valence-electron chi connectivity index (χ4n) is 4.72. The summed E-state index contributed by atoms with van der Waals surface area (Å²) < 4.78 is 1.73. The first kappa shape index (κ1) is 22.0. The molecule has 1 aliphatic heterocycles. The lowest BCUT2D eigenvalue weighted by atomic mass is 9.89. The molecule has 1 amide bonds. The lowest BCUT2D eigenvalue weighted by Crippen LogP contribution is -2.51. The van der Waals surface area contributed by atoms with Gasteiger partial charge in [0.2, 0.25) is 0 Å². The van der Waals surface area contributed by atoms with Gasteiger partial charge in [0, 0.05) is 24.8 Å². The van der Waals surface area contributed by atoms with Crippen LogP contribution < -0.4 is 5.32 Å². The lowest BCUT2D eigenvalue weighted by Gasteiger charge is -2.40. The smallest absolute Gasteiger partial charge is 0.256 e. The van der Waals surface area contributed by atoms with Crippen molar-refractivity contribution in [2.75, 3.05) is 18.4 Å². The van der Waals surface area contributed by atoms with Gasteiger partial charge in [-0.05, 0) is 51.7 Å². The number of carbonyl (C=O) groups is 1. The zero-order valence-electron chi connectivity index (χ0n) is 19.9. The summed E-state index contributed by atoms with van der Waals surface area (Å²) in [5, 5.41) is 16.5. The molecule has 5 rings (SSSR count). The molecule has 1 fully saturated rings. The molecule has 10 heteroatoms. The van der Waals surface area contributed by atoms with Gasteiger partial charge in [0.25, 0.3) is 11.7 Å². The molecule has 1 N–H and O–H groups in total. The number of nitrogens with zero attached hydrogens (tertiary/aromatic N) is 8. The highest BCUT2D eigenvalue weighted by atomic mass is 16.2. The van der Waals surface area contributed by atoms with Crippen LogP contribution in [0.3, 0.4) is 0 Å². The number of likely N-dealkylation sites (tertiary alicyclic amines) is 1. The Kier molecular flexibility index (Phi) is 5.72. The van der Waals surface area contributed by atoms with E-state index in [1.807, 2.05) is 49.9 Å². The van der Waals surface area contributed by atoms with Crippen molar-refractivity contribution in [2.24, 2.45) is 5.92 Å². The third kappa shape index (κ3) is 4.11. The summed E-state index contributed by atoms with van der Waals surface area (Å²) in [6.45, 7) is 9.31. The maximum atomic E-state index is 13.9. The quantitative estimate of drug-likeness (QED) is 0.489. The topological polar surface area (TPSA) is 106 Å². The van der Waals surface area contributed by atoms with Crippen molar-refractivity contribution >= 4 is 17.5 Å². The van der Waals surface area contributed by atoms with E-state index in [1.165, 1.54) is 4.80 Å². The van der Waals surface area contributed by atoms with Gasteiger partial charge in [-0.15, -0.1) is 5.10 Å². The van der Waals surface area contributed by atoms with E-state index in [4.69, 9.17) is 0 Å². The molecular formula is C24H29N9O. The van der Waals surface area contributed by atoms with Gasteiger partial charge < -0.3 is 10.2 Å². The summed E-state index contributed by atoms with van der Waals surface area (Å²) >= 11 is 0. The van der Waals surface area contributed by atoms with E-state index >= 15 is 0 Å². The fraction of sp³-hybridized carbons (Fsp3) is 0.417. The zero-order valence-corrected chi connectivity index (χ0v) is 19.9. The molecule has 1 aliphatic rings. The summed E-state index contributed by atoms with van der Waals surface area (Å²) in [4.78, 5) is 26.3. The Bertz CT molecular complexity index is 1330. The van der Waals surface area contributed by atoms with Crippen molar-refractivity contribution < 1.29 is 4.79 Å². The Balaban J connectivity index is 1.45. The molecule has 1 aromatic carbocycles. The van der Waals surface area contributed by atoms with Crippen molar-refractivity contribution in [2.45, 2.75) is 46.6 Å². The molecule has 4 aromatic rings. The number of amides is 1. The highest BCUT2D eigenvalue weighted by molar-refractivity contribution is 5.98. The molecule has 3 aromatic heterocycles. The molecule has 176 valence electrons. The number of carbonyl (C=O) groups excluding carboxylic acids is 1. The Morgan fingerprint density at radius 1 is 1.12 bits per heavy atom. The van der Waals surface area contributed by atoms with E-state index in [0.717, 1.165) is 29.9 Å². The predicted molar refractivity (Wildman–Crippen MR) is 128 cm³/mol. The number of fused-ring (bicyclic) bond motifs is 1. The van der Waals surface area contributed by atoms with Gasteiger partial charge in [-0.3, -0.25) is 4.79 Å². The second kappa shape index (κ2) is 8.85. The number of nitrogens with one attached hydrogen (secondary N) is 1. The summed E-state index contributed by atoms with van der Waals surface area (Å²) in [5.74, 6) is 2.41. The number of hydrogen-bond donors (Lipinski definition) is 1. The van der Waals surface area contributed by atoms with Gasteiger partial charge in [0.05, 0.1) is 29.7 Å². The molecular weight excluding hydrogens is 430 g/mol. The minimum absolute atomic E-state index is 0.00186. The molecule has 2 unspecified atom stereocenters. The van der Waals surface area contributed by atoms with Crippen molar-refractivity contribution in [3.63, 3.8) is 0 Å². The third-order valence-corrected chi connectivity index (χ3v) is 6.43. The Morgan fingerprint density at radius 3 is 2.71 bits per heavy atom. The maximum Gasteiger partial charge on any atom is 0.256 e. The van der Waals surface area contributed by atoms with Gasteiger partial charge in [0.1, 0.15) is 11.6 Å². The minimum atomic E-state index is 0.00186. The van der Waals surface area contributed by atoms with Crippen LogP contribution in [-0.2, 0) is 0 Å². The Hall–Kier alpha value is -3.82. The minimum Gasteiger partial charge on any atom is -0.368 e. The van der Waals surface area contributed by atoms with Crippen LogP contribution in [0.1, 0.15) is 47.2 Å². The van der Waals surface area contributed by atoms with Gasteiger partial charge in [-0.1, -0.05) is 18.6 Å². The van der Waals surface area contributed by atoms with E-state index in [-0.39, 0.29) is 11.9 Å². The standard InChI is InChI=1S/C24H29N9O/c1-15-7-8-20(33-26-9-10-27-33)19(12-15)23(34)31-11-5-6-16(2)21(31)14-25-22-13-17(3)28-24-29-18(4)30-32(22)24/h7-10,12-13,16,21,25H,5-6,11,14H2,1-4H3. The van der Waals surface area contributed by atoms with Crippen molar-refractivity contribution in [3.8, 4) is 5.69 Å². The van der Waals surface area contributed by atoms with Crippen LogP contribution in [0.4, 0.5) is 5.82 Å². The molecule has 0 radical (unpaired) electrons. The number of benzene rings is 1. The van der Waals surface area contributed by atoms with E-state index in [2.05, 4.69) is 37.5 Å². The van der Waals surface area contributed by atoms with Gasteiger partial charge in [-0.2, -0.15) is 24.5 Å². The van der Waals surface area contributed by atoms with Crippen molar-refractivity contribution in [1.82, 2.24) is 39.5 Å². The highest BCUT2D eigenvalue weighted by Crippen LogP contribution is 2.27. The maximum absolute atomic E-state index is 13.9. The Labute approximate surface area is 198 Å². The number of aryl methyl sites for hydroxylation is 3. The molecule has 0 spiro atoms. The normalized spacial score (nSPS) is 18.4. The van der Waals surface area contributed by atoms with Crippen LogP contribution in [0.2, 0.25) is 0 Å². The summed E-state index contributed by atoms with van der Waals surface area (Å²) in [6, 6.07) is 7.80. The van der Waals surface area contributed by atoms with Crippen LogP contribution in [-0.4, -0.2) is 64.5 Å². The number of anilines is 1. The van der Waals surface area contributed by atoms with Crippen LogP contribution in [0, 0.1) is 26.7 Å². The first-order valence-corrected chi connectivity index (χ1v) is 11.6. The van der Waals surface area contributed by atoms with E-state index in [0.29, 0.717) is 41.9 Å². The second-order valence-corrected chi connectivity index (χ2v) is 9.06. The molecule has 2 atom stereocenters. The summed E-state index contributed by atoms with van der Waals surface area (Å²) in [6.07, 6.45) is 5.29. The Morgan fingerprint density at radius 2 is 1.91 bits per heavy atom. The average Bonchev–Trinajstić information content (AvgIpc) is 3.46. The molecule has 0 aliphatic carbocycles. The van der Waals surface area contributed by atoms with Crippen LogP contribution >= 0.6 is 0 Å². The average molecular weight is 460 g/mol. The van der Waals surface area contributed by atoms with Gasteiger partial charge in [-0.25, -0.2) is 4.98 Å². The number of hydrogen-bond acceptors (Lipinski definition) is 7. The highest BCUT2D eigenvalue weighted by Gasteiger charge is 2.33. The largest absolute Gasteiger partial charge is 0.368 e. The number of aromatic nitrogens is 7. The molecule has 4 heterocycles. The fourth-order valence-corrected chi connectivity index (χ4v) is 4.72. The summed E-state index contributed by atoms with van der Waals surface area (Å²) in [5.41, 5.74) is 3.19. The lowest BCUT2D eigenvalue weighted by molar-refractivity contribution is 0.0539. The van der Waals surface area contributed by atoms with Crippen LogP contribution in [0.15, 0.2) is 36.7 Å². The van der Waals surface area contributed by atoms with Gasteiger partial charge >= 0.3 is 0 Å². The van der Waals surface area contributed by atoms with Crippen LogP contribution in [0.25, 0.3) is 11.5 Å². The third-order valence-electron chi connectivity index (χ3n) is 6.43. The predicted octanol–water partition coefficient (Wildman–Crippen LogP) is 2.98. The monoisotopic (exact) mass is 459 g/mol. The zero-order chi connectivity index (χ0) is 23.8. The SMILES string of the molecule is Cc1ccc(-n2nccn2)c(C(=O)N2CCCC(C)C2CNc2cc(C)nc3nc(C)nn23)c1. The first-order chi connectivity index (χ1) is 16.4. The number of rotatable bonds is 5. The van der Waals surface area contributed by atoms with Crippen molar-refractivity contribution in [1.29, 1.82) is 0 Å². The molecule has 10 nitrogen and oxygen atoms in total. The second-order valence-electron chi connectivity index (χ2n) is 9.06. The van der Waals surface area contributed by atoms with E-state index in [9.17, 15) is 4.79 Å². The molecule has 1 saturated heterocycles. The van der Waals surface area contributed by atoms with E-state index in [1.54, 1.807) is 16.9 Å². The molecule has 0 saturated carbocycles. The summed E-state index contributed by atoms with van der Waals surface area (Å²) in [7, 11) is 0. The van der Waals surface area contributed by atoms with Crippen molar-refractivity contribution in [3.05, 3.63) is 59.3 Å².